The predicted molar refractivity (Wildman–Crippen MR) is 76.9 cm³/mol. The van der Waals surface area contributed by atoms with Gasteiger partial charge in [-0.3, -0.25) is 4.98 Å². The molecule has 0 atom stereocenters. The van der Waals surface area contributed by atoms with Gasteiger partial charge in [-0.15, -0.1) is 0 Å². The number of fused-ring (bicyclic) bond motifs is 1. The minimum Gasteiger partial charge on any atom is -0.260 e. The summed E-state index contributed by atoms with van der Waals surface area (Å²) in [5.41, 5.74) is 2.46. The first-order valence-corrected chi connectivity index (χ1v) is 7.99. The fourth-order valence-electron chi connectivity index (χ4n) is 2.33. The summed E-state index contributed by atoms with van der Waals surface area (Å²) in [7, 11) is -3.55. The lowest BCUT2D eigenvalue weighted by molar-refractivity contribution is 0.429. The topological polar surface area (TPSA) is 50.3 Å². The number of hydrogen-bond donors (Lipinski definition) is 0. The van der Waals surface area contributed by atoms with Gasteiger partial charge in [0.2, 0.25) is 10.0 Å². The number of benzene rings is 1. The van der Waals surface area contributed by atoms with Gasteiger partial charge < -0.3 is 0 Å². The van der Waals surface area contributed by atoms with E-state index in [2.05, 4.69) is 4.98 Å². The van der Waals surface area contributed by atoms with E-state index in [0.29, 0.717) is 23.7 Å². The Hall–Kier alpha value is -1.43. The third kappa shape index (κ3) is 2.22. The number of pyridine rings is 1. The van der Waals surface area contributed by atoms with Crippen molar-refractivity contribution in [2.75, 3.05) is 0 Å². The van der Waals surface area contributed by atoms with Crippen LogP contribution in [0.5, 0.6) is 0 Å². The number of sulfonamides is 1. The average molecular weight is 309 g/mol. The molecule has 0 bridgehead atoms. The third-order valence-electron chi connectivity index (χ3n) is 3.43. The molecule has 0 unspecified atom stereocenters. The first-order chi connectivity index (χ1) is 9.48. The van der Waals surface area contributed by atoms with E-state index < -0.39 is 10.0 Å². The number of aryl methyl sites for hydroxylation is 1. The molecule has 0 saturated carbocycles. The Bertz CT molecular complexity index is 749. The fourth-order valence-corrected chi connectivity index (χ4v) is 4.20. The normalized spacial score (nSPS) is 15.3. The zero-order valence-electron chi connectivity index (χ0n) is 10.9. The molecule has 1 aliphatic rings. The summed E-state index contributed by atoms with van der Waals surface area (Å²) < 4.78 is 26.9. The molecule has 1 aromatic heterocycles. The van der Waals surface area contributed by atoms with Crippen LogP contribution in [0, 0.1) is 6.92 Å². The number of halogens is 1. The van der Waals surface area contributed by atoms with E-state index in [-0.39, 0.29) is 4.90 Å². The molecule has 4 nitrogen and oxygen atoms in total. The summed E-state index contributed by atoms with van der Waals surface area (Å²) in [5, 5.41) is 0.420. The van der Waals surface area contributed by atoms with E-state index in [0.717, 1.165) is 11.3 Å². The van der Waals surface area contributed by atoms with E-state index in [1.807, 2.05) is 12.1 Å². The van der Waals surface area contributed by atoms with Crippen molar-refractivity contribution in [2.24, 2.45) is 0 Å². The molecule has 2 aromatic rings. The Labute approximate surface area is 123 Å². The van der Waals surface area contributed by atoms with Crippen molar-refractivity contribution in [3.05, 3.63) is 58.4 Å². The summed E-state index contributed by atoms with van der Waals surface area (Å²) in [6.45, 7) is 2.44. The van der Waals surface area contributed by atoms with Gasteiger partial charge in [0.25, 0.3) is 0 Å². The fraction of sp³-hybridized carbons (Fsp3) is 0.214. The van der Waals surface area contributed by atoms with E-state index in [4.69, 9.17) is 11.6 Å². The van der Waals surface area contributed by atoms with Crippen LogP contribution in [0.3, 0.4) is 0 Å². The van der Waals surface area contributed by atoms with Crippen LogP contribution in [0.25, 0.3) is 0 Å². The zero-order valence-corrected chi connectivity index (χ0v) is 12.4. The zero-order chi connectivity index (χ0) is 14.3. The molecule has 1 aliphatic heterocycles. The molecule has 0 N–H and O–H groups in total. The number of hydrogen-bond acceptors (Lipinski definition) is 3. The molecule has 2 heterocycles. The molecule has 0 aliphatic carbocycles. The molecule has 20 heavy (non-hydrogen) atoms. The maximum atomic E-state index is 12.7. The van der Waals surface area contributed by atoms with Crippen molar-refractivity contribution < 1.29 is 8.42 Å². The Morgan fingerprint density at radius 3 is 2.80 bits per heavy atom. The lowest BCUT2D eigenvalue weighted by atomic mass is 10.2. The van der Waals surface area contributed by atoms with Gasteiger partial charge in [0, 0.05) is 17.8 Å². The highest BCUT2D eigenvalue weighted by atomic mass is 35.5. The summed E-state index contributed by atoms with van der Waals surface area (Å²) in [4.78, 5) is 4.49. The molecule has 0 spiro atoms. The number of nitrogens with zero attached hydrogens (tertiary/aromatic N) is 2. The molecular formula is C14H13ClN2O2S. The van der Waals surface area contributed by atoms with Crippen molar-refractivity contribution in [2.45, 2.75) is 24.9 Å². The van der Waals surface area contributed by atoms with Crippen LogP contribution in [-0.4, -0.2) is 17.7 Å². The maximum absolute atomic E-state index is 12.7. The van der Waals surface area contributed by atoms with Gasteiger partial charge in [-0.2, -0.15) is 4.31 Å². The first kappa shape index (κ1) is 13.5. The highest BCUT2D eigenvalue weighted by Crippen LogP contribution is 2.29. The van der Waals surface area contributed by atoms with Gasteiger partial charge in [0.05, 0.1) is 17.1 Å². The monoisotopic (exact) mass is 308 g/mol. The van der Waals surface area contributed by atoms with Gasteiger partial charge in [-0.1, -0.05) is 23.7 Å². The average Bonchev–Trinajstić information content (AvgIpc) is 2.86. The van der Waals surface area contributed by atoms with Crippen LogP contribution >= 0.6 is 11.6 Å². The molecule has 0 radical (unpaired) electrons. The minimum absolute atomic E-state index is 0.262. The summed E-state index contributed by atoms with van der Waals surface area (Å²) in [6.07, 6.45) is 1.68. The van der Waals surface area contributed by atoms with Crippen LogP contribution < -0.4 is 0 Å². The largest absolute Gasteiger partial charge is 0.260 e. The molecule has 0 saturated heterocycles. The number of rotatable bonds is 2. The van der Waals surface area contributed by atoms with Crippen LogP contribution in [0.2, 0.25) is 5.02 Å². The van der Waals surface area contributed by atoms with Gasteiger partial charge in [0.1, 0.15) is 0 Å². The molecule has 104 valence electrons. The summed E-state index contributed by atoms with van der Waals surface area (Å²) in [6, 6.07) is 8.64. The Kier molecular flexibility index (Phi) is 3.28. The van der Waals surface area contributed by atoms with Crippen LogP contribution in [-0.2, 0) is 23.1 Å². The maximum Gasteiger partial charge on any atom is 0.244 e. The van der Waals surface area contributed by atoms with Gasteiger partial charge in [0.15, 0.2) is 0 Å². The van der Waals surface area contributed by atoms with Crippen molar-refractivity contribution >= 4 is 21.6 Å². The smallest absolute Gasteiger partial charge is 0.244 e. The number of aromatic nitrogens is 1. The Balaban J connectivity index is 2.01. The second kappa shape index (κ2) is 4.84. The van der Waals surface area contributed by atoms with Crippen LogP contribution in [0.4, 0.5) is 0 Å². The van der Waals surface area contributed by atoms with Crippen molar-refractivity contribution in [1.29, 1.82) is 0 Å². The standard InChI is InChI=1S/C14H13ClN2O2S/c1-10-4-5-12(15)7-14(10)20(18,19)17-8-11-3-2-6-16-13(11)9-17/h2-7H,8-9H2,1H3. The van der Waals surface area contributed by atoms with Crippen molar-refractivity contribution in [1.82, 2.24) is 9.29 Å². The van der Waals surface area contributed by atoms with E-state index in [1.165, 1.54) is 10.4 Å². The Morgan fingerprint density at radius 2 is 2.05 bits per heavy atom. The first-order valence-electron chi connectivity index (χ1n) is 6.17. The van der Waals surface area contributed by atoms with Crippen LogP contribution in [0.15, 0.2) is 41.4 Å². The second-order valence-corrected chi connectivity index (χ2v) is 7.13. The van der Waals surface area contributed by atoms with Crippen LogP contribution in [0.1, 0.15) is 16.8 Å². The van der Waals surface area contributed by atoms with Gasteiger partial charge in [-0.05, 0) is 36.2 Å². The molecule has 6 heteroatoms. The quantitative estimate of drug-likeness (QED) is 0.857. The molecular weight excluding hydrogens is 296 g/mol. The van der Waals surface area contributed by atoms with Crippen molar-refractivity contribution in [3.8, 4) is 0 Å². The second-order valence-electron chi connectivity index (χ2n) is 4.79. The van der Waals surface area contributed by atoms with E-state index in [1.54, 1.807) is 25.3 Å². The highest BCUT2D eigenvalue weighted by Gasteiger charge is 2.32. The predicted octanol–water partition coefficient (Wildman–Crippen LogP) is 2.75. The van der Waals surface area contributed by atoms with E-state index >= 15 is 0 Å². The third-order valence-corrected chi connectivity index (χ3v) is 5.59. The molecule has 0 fully saturated rings. The lowest BCUT2D eigenvalue weighted by Gasteiger charge is -2.17. The summed E-state index contributed by atoms with van der Waals surface area (Å²) >= 11 is 5.92. The van der Waals surface area contributed by atoms with E-state index in [9.17, 15) is 8.42 Å². The lowest BCUT2D eigenvalue weighted by Crippen LogP contribution is -2.26. The minimum atomic E-state index is -3.55. The van der Waals surface area contributed by atoms with Gasteiger partial charge >= 0.3 is 0 Å². The Morgan fingerprint density at radius 1 is 1.25 bits per heavy atom. The molecule has 1 aromatic carbocycles. The summed E-state index contributed by atoms with van der Waals surface area (Å²) in [5.74, 6) is 0. The van der Waals surface area contributed by atoms with Crippen molar-refractivity contribution in [3.63, 3.8) is 0 Å². The SMILES string of the molecule is Cc1ccc(Cl)cc1S(=O)(=O)N1Cc2cccnc2C1. The molecule has 0 amide bonds. The van der Waals surface area contributed by atoms with Gasteiger partial charge in [-0.25, -0.2) is 8.42 Å². The molecule has 3 rings (SSSR count). The highest BCUT2D eigenvalue weighted by molar-refractivity contribution is 7.89.